The number of benzene rings is 3. The summed E-state index contributed by atoms with van der Waals surface area (Å²) in [5.41, 5.74) is 0. The molecular formula is C23H17O5SbW. The molecule has 0 aliphatic heterocycles. The first-order chi connectivity index (χ1) is 14.4. The minimum absolute atomic E-state index is 0. The van der Waals surface area contributed by atoms with E-state index in [2.05, 4.69) is 124 Å². The van der Waals surface area contributed by atoms with Gasteiger partial charge in [-0.3, -0.25) is 0 Å². The van der Waals surface area contributed by atoms with E-state index in [-0.39, 0.29) is 21.1 Å². The predicted molar refractivity (Wildman–Crippen MR) is 106 cm³/mol. The standard InChI is InChI=1S/3C6H5.5CO.Sb.W.2H/c3*1-2-4-6-5-3-1;5*1-2;;;;/h3*1-5H;;;;;;;;;. The summed E-state index contributed by atoms with van der Waals surface area (Å²) in [5.74, 6) is 0. The molecule has 0 aliphatic carbocycles. The molecule has 3 rings (SSSR count). The van der Waals surface area contributed by atoms with Crippen LogP contribution in [0.2, 0.25) is 0 Å². The van der Waals surface area contributed by atoms with Gasteiger partial charge >= 0.3 is 178 Å². The minimum atomic E-state index is -2.14. The summed E-state index contributed by atoms with van der Waals surface area (Å²) in [6.07, 6.45) is 0. The van der Waals surface area contributed by atoms with E-state index >= 15 is 0 Å². The van der Waals surface area contributed by atoms with E-state index in [4.69, 9.17) is 23.3 Å². The first kappa shape index (κ1) is 35.3. The fraction of sp³-hybridized carbons (Fsp3) is 0. The second-order valence-corrected chi connectivity index (χ2v) is 12.8. The summed E-state index contributed by atoms with van der Waals surface area (Å²) in [6, 6.07) is 33.0. The summed E-state index contributed by atoms with van der Waals surface area (Å²) < 4.78 is 42.1. The Morgan fingerprint density at radius 2 is 0.533 bits per heavy atom. The molecule has 0 radical (unpaired) electrons. The van der Waals surface area contributed by atoms with Crippen molar-refractivity contribution in [3.63, 3.8) is 0 Å². The van der Waals surface area contributed by atoms with Crippen molar-refractivity contribution in [3.8, 4) is 0 Å². The molecule has 5 nitrogen and oxygen atoms in total. The van der Waals surface area contributed by atoms with Crippen LogP contribution in [0.3, 0.4) is 0 Å². The summed E-state index contributed by atoms with van der Waals surface area (Å²) in [4.78, 5) is 0. The molecule has 0 unspecified atom stereocenters. The number of rotatable bonds is 3. The number of hydrogen-bond donors (Lipinski definition) is 0. The van der Waals surface area contributed by atoms with Gasteiger partial charge in [-0.05, 0) is 0 Å². The first-order valence-electron chi connectivity index (χ1n) is 7.62. The quantitative estimate of drug-likeness (QED) is 0.228. The topological polar surface area (TPSA) is 99.5 Å². The Hall–Kier alpha value is -2.13. The molecule has 0 saturated heterocycles. The van der Waals surface area contributed by atoms with Crippen LogP contribution in [0.15, 0.2) is 91.0 Å². The van der Waals surface area contributed by atoms with E-state index in [9.17, 15) is 0 Å². The molecule has 0 heterocycles. The van der Waals surface area contributed by atoms with Gasteiger partial charge in [0.25, 0.3) is 0 Å². The van der Waals surface area contributed by atoms with Gasteiger partial charge in [0.05, 0.1) is 0 Å². The molecule has 0 aromatic heterocycles. The molecule has 0 saturated carbocycles. The fourth-order valence-electron chi connectivity index (χ4n) is 2.51. The molecule has 0 bridgehead atoms. The maximum atomic E-state index is 7.50. The summed E-state index contributed by atoms with van der Waals surface area (Å²) in [6.45, 7) is 22.5. The van der Waals surface area contributed by atoms with Crippen molar-refractivity contribution in [1.29, 1.82) is 0 Å². The van der Waals surface area contributed by atoms with Crippen LogP contribution in [0.25, 0.3) is 0 Å². The molecule has 7 heteroatoms. The van der Waals surface area contributed by atoms with Crippen LogP contribution in [-0.2, 0) is 44.3 Å². The summed E-state index contributed by atoms with van der Waals surface area (Å²) in [5, 5.41) is 0. The first-order valence-corrected chi connectivity index (χ1v) is 12.6. The molecule has 0 N–H and O–H groups in total. The van der Waals surface area contributed by atoms with Gasteiger partial charge in [-0.2, -0.15) is 0 Å². The zero-order valence-corrected chi connectivity index (χ0v) is 21.9. The zero-order valence-electron chi connectivity index (χ0n) is 15.7. The van der Waals surface area contributed by atoms with Crippen molar-refractivity contribution < 1.29 is 44.3 Å². The molecular weight excluding hydrogens is 662 g/mol. The Kier molecular flexibility index (Phi) is 34.2. The molecule has 0 atom stereocenters. The second kappa shape index (κ2) is 29.1. The van der Waals surface area contributed by atoms with Crippen LogP contribution in [0, 0.1) is 33.3 Å². The maximum absolute atomic E-state index is 7.50. The average molecular weight is 679 g/mol. The molecule has 0 spiro atoms. The normalized spacial score (nSPS) is 7.33. The SMILES string of the molecule is [C-]#[O+].[C-]#[O+].[C-]#[O+].[C-]#[O+].[C-]#[O+].[W].c1cc[c]([SbH2]([c]2ccccc2)[c]2ccccc2)cc1. The zero-order chi connectivity index (χ0) is 22.9. The Morgan fingerprint density at radius 1 is 0.367 bits per heavy atom. The number of hydrogen-bond acceptors (Lipinski definition) is 0. The van der Waals surface area contributed by atoms with Crippen LogP contribution in [-0.4, -0.2) is 20.2 Å². The second-order valence-electron chi connectivity index (χ2n) is 4.67. The van der Waals surface area contributed by atoms with Crippen LogP contribution in [0.5, 0.6) is 0 Å². The van der Waals surface area contributed by atoms with E-state index < -0.39 is 20.2 Å². The van der Waals surface area contributed by atoms with Gasteiger partial charge in [-0.25, -0.2) is 0 Å². The molecule has 150 valence electrons. The predicted octanol–water partition coefficient (Wildman–Crippen LogP) is 1.48. The Morgan fingerprint density at radius 3 is 0.700 bits per heavy atom. The Bertz CT molecular complexity index is 716. The van der Waals surface area contributed by atoms with Gasteiger partial charge in [0.15, 0.2) is 0 Å². The van der Waals surface area contributed by atoms with Crippen LogP contribution in [0.4, 0.5) is 0 Å². The van der Waals surface area contributed by atoms with Crippen molar-refractivity contribution in [2.24, 2.45) is 0 Å². The fourth-order valence-corrected chi connectivity index (χ4v) is 11.0. The van der Waals surface area contributed by atoms with E-state index in [1.54, 1.807) is 10.5 Å². The molecule has 0 fully saturated rings. The third kappa shape index (κ3) is 13.9. The van der Waals surface area contributed by atoms with E-state index in [0.29, 0.717) is 0 Å². The molecule has 0 amide bonds. The van der Waals surface area contributed by atoms with E-state index in [1.165, 1.54) is 0 Å². The van der Waals surface area contributed by atoms with E-state index in [1.807, 2.05) is 0 Å². The molecule has 3 aromatic rings. The molecule has 3 aromatic carbocycles. The van der Waals surface area contributed by atoms with Crippen molar-refractivity contribution in [2.45, 2.75) is 0 Å². The Labute approximate surface area is 198 Å². The van der Waals surface area contributed by atoms with Crippen molar-refractivity contribution in [2.75, 3.05) is 0 Å². The van der Waals surface area contributed by atoms with Gasteiger partial charge in [-0.1, -0.05) is 0 Å². The molecule has 30 heavy (non-hydrogen) atoms. The van der Waals surface area contributed by atoms with Gasteiger partial charge < -0.3 is 0 Å². The summed E-state index contributed by atoms with van der Waals surface area (Å²) >= 11 is -2.14. The van der Waals surface area contributed by atoms with Crippen molar-refractivity contribution in [3.05, 3.63) is 124 Å². The van der Waals surface area contributed by atoms with Crippen LogP contribution >= 0.6 is 0 Å². The average Bonchev–Trinajstić information content (AvgIpc) is 2.88. The van der Waals surface area contributed by atoms with Crippen LogP contribution in [0.1, 0.15) is 0 Å². The Balaban J connectivity index is -0.000000271. The van der Waals surface area contributed by atoms with Crippen molar-refractivity contribution in [1.82, 2.24) is 0 Å². The van der Waals surface area contributed by atoms with Crippen LogP contribution < -0.4 is 10.5 Å². The van der Waals surface area contributed by atoms with Gasteiger partial charge in [0.1, 0.15) is 0 Å². The van der Waals surface area contributed by atoms with Gasteiger partial charge in [0, 0.05) is 21.1 Å². The van der Waals surface area contributed by atoms with Crippen molar-refractivity contribution >= 4 is 30.7 Å². The van der Waals surface area contributed by atoms with Gasteiger partial charge in [0.2, 0.25) is 0 Å². The molecule has 0 aliphatic rings. The van der Waals surface area contributed by atoms with E-state index in [0.717, 1.165) is 0 Å². The third-order valence-electron chi connectivity index (χ3n) is 3.40. The monoisotopic (exact) mass is 678 g/mol. The third-order valence-corrected chi connectivity index (χ3v) is 12.4. The summed E-state index contributed by atoms with van der Waals surface area (Å²) in [7, 11) is 0. The van der Waals surface area contributed by atoms with Gasteiger partial charge in [-0.15, -0.1) is 0 Å².